The van der Waals surface area contributed by atoms with Crippen LogP contribution in [0.4, 0.5) is 0 Å². The van der Waals surface area contributed by atoms with Crippen molar-refractivity contribution in [2.24, 2.45) is 0 Å². The Bertz CT molecular complexity index is 685. The fourth-order valence-electron chi connectivity index (χ4n) is 2.67. The molecule has 0 fully saturated rings. The van der Waals surface area contributed by atoms with E-state index in [2.05, 4.69) is 65.6 Å². The molecule has 0 aliphatic carbocycles. The van der Waals surface area contributed by atoms with E-state index in [9.17, 15) is 0 Å². The molecule has 1 aromatic carbocycles. The number of rotatable bonds is 6. The van der Waals surface area contributed by atoms with Crippen LogP contribution in [0.3, 0.4) is 0 Å². The number of benzene rings is 1. The summed E-state index contributed by atoms with van der Waals surface area (Å²) in [5.74, 6) is 0. The highest BCUT2D eigenvalue weighted by Gasteiger charge is 2.15. The molecule has 110 valence electrons. The third-order valence-corrected chi connectivity index (χ3v) is 4.53. The first-order chi connectivity index (χ1) is 10.3. The van der Waals surface area contributed by atoms with Gasteiger partial charge in [0.2, 0.25) is 0 Å². The second kappa shape index (κ2) is 6.41. The van der Waals surface area contributed by atoms with Gasteiger partial charge in [0, 0.05) is 30.2 Å². The first-order valence-corrected chi connectivity index (χ1v) is 8.36. The minimum atomic E-state index is 0.329. The molecular formula is C17H21N3S. The van der Waals surface area contributed by atoms with Gasteiger partial charge in [-0.2, -0.15) is 0 Å². The highest BCUT2D eigenvalue weighted by Crippen LogP contribution is 2.22. The van der Waals surface area contributed by atoms with Crippen molar-refractivity contribution < 1.29 is 0 Å². The molecule has 1 unspecified atom stereocenters. The molecule has 3 rings (SSSR count). The summed E-state index contributed by atoms with van der Waals surface area (Å²) in [7, 11) is 0. The molecule has 2 aromatic heterocycles. The van der Waals surface area contributed by atoms with Crippen molar-refractivity contribution in [2.45, 2.75) is 32.7 Å². The van der Waals surface area contributed by atoms with E-state index in [-0.39, 0.29) is 0 Å². The maximum Gasteiger partial charge on any atom is 0.193 e. The maximum absolute atomic E-state index is 4.72. The quantitative estimate of drug-likeness (QED) is 0.746. The Balaban J connectivity index is 1.85. The number of aryl methyl sites for hydroxylation is 1. The third-order valence-electron chi connectivity index (χ3n) is 3.76. The van der Waals surface area contributed by atoms with Gasteiger partial charge in [0.05, 0.1) is 5.69 Å². The first-order valence-electron chi connectivity index (χ1n) is 7.48. The molecule has 4 heteroatoms. The summed E-state index contributed by atoms with van der Waals surface area (Å²) in [6.45, 7) is 5.41. The van der Waals surface area contributed by atoms with E-state index in [4.69, 9.17) is 4.98 Å². The molecule has 0 bridgehead atoms. The van der Waals surface area contributed by atoms with Gasteiger partial charge in [-0.3, -0.25) is 4.40 Å². The number of nitrogens with one attached hydrogen (secondary N) is 1. The van der Waals surface area contributed by atoms with Crippen LogP contribution in [-0.4, -0.2) is 15.9 Å². The predicted molar refractivity (Wildman–Crippen MR) is 89.0 cm³/mol. The molecule has 0 aliphatic rings. The van der Waals surface area contributed by atoms with E-state index < -0.39 is 0 Å². The van der Waals surface area contributed by atoms with Crippen LogP contribution < -0.4 is 5.32 Å². The van der Waals surface area contributed by atoms with Gasteiger partial charge < -0.3 is 5.32 Å². The zero-order chi connectivity index (χ0) is 14.7. The molecular weight excluding hydrogens is 278 g/mol. The molecule has 3 nitrogen and oxygen atoms in total. The number of thiazole rings is 1. The van der Waals surface area contributed by atoms with E-state index in [0.717, 1.165) is 30.0 Å². The molecule has 0 amide bonds. The van der Waals surface area contributed by atoms with Gasteiger partial charge in [0.15, 0.2) is 4.96 Å². The van der Waals surface area contributed by atoms with Crippen molar-refractivity contribution >= 4 is 16.3 Å². The zero-order valence-corrected chi connectivity index (χ0v) is 13.4. The summed E-state index contributed by atoms with van der Waals surface area (Å²) >= 11 is 1.68. The maximum atomic E-state index is 4.72. The van der Waals surface area contributed by atoms with Crippen molar-refractivity contribution in [3.8, 4) is 0 Å². The van der Waals surface area contributed by atoms with E-state index >= 15 is 0 Å². The second-order valence-electron chi connectivity index (χ2n) is 5.39. The zero-order valence-electron chi connectivity index (χ0n) is 12.5. The van der Waals surface area contributed by atoms with Crippen LogP contribution in [0.1, 0.15) is 36.2 Å². The molecule has 2 heterocycles. The summed E-state index contributed by atoms with van der Waals surface area (Å²) < 4.78 is 2.11. The van der Waals surface area contributed by atoms with Gasteiger partial charge in [-0.15, -0.1) is 11.3 Å². The number of nitrogens with zero attached hydrogens (tertiary/aromatic N) is 2. The van der Waals surface area contributed by atoms with Crippen LogP contribution >= 0.6 is 11.3 Å². The molecule has 21 heavy (non-hydrogen) atoms. The van der Waals surface area contributed by atoms with Crippen LogP contribution in [0.5, 0.6) is 0 Å². The Morgan fingerprint density at radius 2 is 2.19 bits per heavy atom. The topological polar surface area (TPSA) is 29.3 Å². The lowest BCUT2D eigenvalue weighted by Crippen LogP contribution is -2.25. The predicted octanol–water partition coefficient (Wildman–Crippen LogP) is 3.99. The first kappa shape index (κ1) is 14.3. The van der Waals surface area contributed by atoms with Gasteiger partial charge in [-0.05, 0) is 31.0 Å². The van der Waals surface area contributed by atoms with Gasteiger partial charge in [-0.25, -0.2) is 4.98 Å². The molecule has 0 saturated heterocycles. The number of hydrogen-bond acceptors (Lipinski definition) is 3. The van der Waals surface area contributed by atoms with E-state index in [1.54, 1.807) is 11.3 Å². The van der Waals surface area contributed by atoms with Crippen LogP contribution in [0.25, 0.3) is 4.96 Å². The number of hydrogen-bond donors (Lipinski definition) is 1. The summed E-state index contributed by atoms with van der Waals surface area (Å²) in [6, 6.07) is 8.95. The van der Waals surface area contributed by atoms with Gasteiger partial charge in [-0.1, -0.05) is 31.2 Å². The summed E-state index contributed by atoms with van der Waals surface area (Å²) in [5, 5.41) is 5.74. The molecule has 0 spiro atoms. The Hall–Kier alpha value is -1.65. The normalized spacial score (nSPS) is 12.9. The fraction of sp³-hybridized carbons (Fsp3) is 0.353. The summed E-state index contributed by atoms with van der Waals surface area (Å²) in [5.41, 5.74) is 3.87. The lowest BCUT2D eigenvalue weighted by atomic mass is 9.97. The van der Waals surface area contributed by atoms with Crippen molar-refractivity contribution in [2.75, 3.05) is 6.54 Å². The molecule has 1 N–H and O–H groups in total. The van der Waals surface area contributed by atoms with Crippen molar-refractivity contribution in [3.05, 3.63) is 58.9 Å². The number of imidazole rings is 1. The Kier molecular flexibility index (Phi) is 4.36. The monoisotopic (exact) mass is 299 g/mol. The van der Waals surface area contributed by atoms with Gasteiger partial charge >= 0.3 is 0 Å². The molecule has 1 atom stereocenters. The highest BCUT2D eigenvalue weighted by atomic mass is 32.1. The van der Waals surface area contributed by atoms with Crippen molar-refractivity contribution in [3.63, 3.8) is 0 Å². The molecule has 0 radical (unpaired) electrons. The summed E-state index contributed by atoms with van der Waals surface area (Å²) in [6.07, 6.45) is 6.28. The Morgan fingerprint density at radius 3 is 2.95 bits per heavy atom. The van der Waals surface area contributed by atoms with Gasteiger partial charge in [0.1, 0.15) is 0 Å². The average Bonchev–Trinajstić information content (AvgIpc) is 3.05. The van der Waals surface area contributed by atoms with E-state index in [0.29, 0.717) is 6.04 Å². The van der Waals surface area contributed by atoms with Crippen LogP contribution in [0.2, 0.25) is 0 Å². The Morgan fingerprint density at radius 1 is 1.33 bits per heavy atom. The largest absolute Gasteiger partial charge is 0.310 e. The van der Waals surface area contributed by atoms with Crippen LogP contribution in [-0.2, 0) is 6.42 Å². The standard InChI is InChI=1S/C17H21N3S/c1-3-8-18-16(15-7-5-4-6-13(15)2)11-14-12-20-9-10-21-17(20)19-14/h4-7,9-10,12,16,18H,3,8,11H2,1-2H3. The molecule has 0 aliphatic heterocycles. The summed E-state index contributed by atoms with van der Waals surface area (Å²) in [4.78, 5) is 5.79. The molecule has 0 saturated carbocycles. The lowest BCUT2D eigenvalue weighted by Gasteiger charge is -2.20. The average molecular weight is 299 g/mol. The van der Waals surface area contributed by atoms with E-state index in [1.807, 2.05) is 0 Å². The SMILES string of the molecule is CCCNC(Cc1cn2ccsc2n1)c1ccccc1C. The van der Waals surface area contributed by atoms with Gasteiger partial charge in [0.25, 0.3) is 0 Å². The highest BCUT2D eigenvalue weighted by molar-refractivity contribution is 7.15. The number of aromatic nitrogens is 2. The van der Waals surface area contributed by atoms with Crippen molar-refractivity contribution in [1.82, 2.24) is 14.7 Å². The second-order valence-corrected chi connectivity index (χ2v) is 6.27. The van der Waals surface area contributed by atoms with E-state index in [1.165, 1.54) is 11.1 Å². The minimum absolute atomic E-state index is 0.329. The molecule has 3 aromatic rings. The number of fused-ring (bicyclic) bond motifs is 1. The third kappa shape index (κ3) is 3.17. The Labute approximate surface area is 129 Å². The minimum Gasteiger partial charge on any atom is -0.310 e. The van der Waals surface area contributed by atoms with Crippen molar-refractivity contribution in [1.29, 1.82) is 0 Å². The smallest absolute Gasteiger partial charge is 0.193 e. The lowest BCUT2D eigenvalue weighted by molar-refractivity contribution is 0.523. The fourth-order valence-corrected chi connectivity index (χ4v) is 3.39. The van der Waals surface area contributed by atoms with Crippen LogP contribution in [0.15, 0.2) is 42.0 Å². The van der Waals surface area contributed by atoms with Crippen LogP contribution in [0, 0.1) is 6.92 Å².